The van der Waals surface area contributed by atoms with Crippen LogP contribution in [-0.2, 0) is 0 Å². The SMILES string of the molecule is Brc1cccc(N2CN(c3ccccc3)C=N2)c1. The highest BCUT2D eigenvalue weighted by atomic mass is 79.9. The van der Waals surface area contributed by atoms with Crippen LogP contribution in [0, 0.1) is 0 Å². The van der Waals surface area contributed by atoms with Crippen molar-refractivity contribution in [3.05, 3.63) is 59.1 Å². The summed E-state index contributed by atoms with van der Waals surface area (Å²) in [5, 5.41) is 6.39. The number of para-hydroxylation sites is 1. The van der Waals surface area contributed by atoms with E-state index in [1.807, 2.05) is 41.7 Å². The van der Waals surface area contributed by atoms with Gasteiger partial charge in [0, 0.05) is 10.2 Å². The lowest BCUT2D eigenvalue weighted by molar-refractivity contribution is 0.912. The summed E-state index contributed by atoms with van der Waals surface area (Å²) in [6.45, 7) is 0.737. The molecule has 0 amide bonds. The average Bonchev–Trinajstić information content (AvgIpc) is 2.89. The zero-order chi connectivity index (χ0) is 12.4. The molecule has 0 aromatic heterocycles. The number of hydrogen-bond donors (Lipinski definition) is 0. The van der Waals surface area contributed by atoms with Crippen LogP contribution in [0.1, 0.15) is 0 Å². The topological polar surface area (TPSA) is 18.8 Å². The molecule has 0 saturated heterocycles. The van der Waals surface area contributed by atoms with Gasteiger partial charge in [-0.05, 0) is 30.3 Å². The van der Waals surface area contributed by atoms with Crippen LogP contribution in [0.5, 0.6) is 0 Å². The van der Waals surface area contributed by atoms with Gasteiger partial charge >= 0.3 is 0 Å². The monoisotopic (exact) mass is 301 g/mol. The molecule has 0 spiro atoms. The van der Waals surface area contributed by atoms with Crippen molar-refractivity contribution in [2.45, 2.75) is 0 Å². The van der Waals surface area contributed by atoms with E-state index >= 15 is 0 Å². The molecule has 3 nitrogen and oxygen atoms in total. The number of benzene rings is 2. The molecule has 0 atom stereocenters. The Kier molecular flexibility index (Phi) is 3.02. The first-order valence-electron chi connectivity index (χ1n) is 5.72. The zero-order valence-corrected chi connectivity index (χ0v) is 11.3. The summed E-state index contributed by atoms with van der Waals surface area (Å²) in [7, 11) is 0. The zero-order valence-electron chi connectivity index (χ0n) is 9.70. The maximum atomic E-state index is 4.42. The van der Waals surface area contributed by atoms with Crippen LogP contribution in [0.15, 0.2) is 64.2 Å². The Hall–Kier alpha value is -1.81. The minimum absolute atomic E-state index is 0.737. The quantitative estimate of drug-likeness (QED) is 0.843. The predicted molar refractivity (Wildman–Crippen MR) is 78.9 cm³/mol. The van der Waals surface area contributed by atoms with Crippen LogP contribution in [0.2, 0.25) is 0 Å². The van der Waals surface area contributed by atoms with Gasteiger partial charge in [0.2, 0.25) is 0 Å². The smallest absolute Gasteiger partial charge is 0.118 e. The highest BCUT2D eigenvalue weighted by Crippen LogP contribution is 2.24. The van der Waals surface area contributed by atoms with E-state index in [0.29, 0.717) is 0 Å². The molecule has 4 heteroatoms. The third-order valence-corrected chi connectivity index (χ3v) is 3.30. The lowest BCUT2D eigenvalue weighted by Crippen LogP contribution is -2.25. The van der Waals surface area contributed by atoms with Crippen LogP contribution in [0.3, 0.4) is 0 Å². The first-order valence-corrected chi connectivity index (χ1v) is 6.51. The molecule has 2 aromatic rings. The second kappa shape index (κ2) is 4.82. The van der Waals surface area contributed by atoms with Crippen LogP contribution in [0.25, 0.3) is 0 Å². The molecule has 1 aliphatic rings. The van der Waals surface area contributed by atoms with Gasteiger partial charge in [-0.25, -0.2) is 5.01 Å². The number of hydrazone groups is 1. The molecule has 0 radical (unpaired) electrons. The summed E-state index contributed by atoms with van der Waals surface area (Å²) in [4.78, 5) is 2.11. The maximum absolute atomic E-state index is 4.42. The van der Waals surface area contributed by atoms with Gasteiger partial charge < -0.3 is 4.90 Å². The molecule has 18 heavy (non-hydrogen) atoms. The molecule has 1 heterocycles. The van der Waals surface area contributed by atoms with Gasteiger partial charge in [-0.1, -0.05) is 40.2 Å². The normalized spacial score (nSPS) is 14.3. The fraction of sp³-hybridized carbons (Fsp3) is 0.0714. The maximum Gasteiger partial charge on any atom is 0.118 e. The molecule has 0 bridgehead atoms. The summed E-state index contributed by atoms with van der Waals surface area (Å²) in [5.74, 6) is 0. The minimum atomic E-state index is 0.737. The van der Waals surface area contributed by atoms with Crippen molar-refractivity contribution >= 4 is 33.6 Å². The van der Waals surface area contributed by atoms with Gasteiger partial charge in [-0.3, -0.25) is 0 Å². The molecule has 1 aliphatic heterocycles. The van der Waals surface area contributed by atoms with Gasteiger partial charge in [0.1, 0.15) is 13.0 Å². The third kappa shape index (κ3) is 2.24. The third-order valence-electron chi connectivity index (χ3n) is 2.81. The van der Waals surface area contributed by atoms with Gasteiger partial charge in [0.05, 0.1) is 5.69 Å². The first-order chi connectivity index (χ1) is 8.83. The molecule has 3 rings (SSSR count). The Morgan fingerprint density at radius 2 is 1.72 bits per heavy atom. The van der Waals surface area contributed by atoms with E-state index in [1.165, 1.54) is 0 Å². The molecule has 0 fully saturated rings. The number of rotatable bonds is 2. The summed E-state index contributed by atoms with van der Waals surface area (Å²) < 4.78 is 1.06. The van der Waals surface area contributed by atoms with Crippen molar-refractivity contribution in [2.75, 3.05) is 16.6 Å². The molecule has 0 saturated carbocycles. The largest absolute Gasteiger partial charge is 0.311 e. The second-order valence-electron chi connectivity index (χ2n) is 4.06. The first kappa shape index (κ1) is 11.3. The number of hydrogen-bond acceptors (Lipinski definition) is 3. The molecular formula is C14H12BrN3. The predicted octanol–water partition coefficient (Wildman–Crippen LogP) is 3.68. The van der Waals surface area contributed by atoms with Crippen LogP contribution < -0.4 is 9.91 Å². The highest BCUT2D eigenvalue weighted by Gasteiger charge is 2.16. The molecule has 0 unspecified atom stereocenters. The summed E-state index contributed by atoms with van der Waals surface area (Å²) in [5.41, 5.74) is 2.23. The number of nitrogens with zero attached hydrogens (tertiary/aromatic N) is 3. The van der Waals surface area contributed by atoms with Crippen molar-refractivity contribution in [1.29, 1.82) is 0 Å². The highest BCUT2D eigenvalue weighted by molar-refractivity contribution is 9.10. The van der Waals surface area contributed by atoms with Crippen molar-refractivity contribution in [3.63, 3.8) is 0 Å². The van der Waals surface area contributed by atoms with E-state index in [1.54, 1.807) is 0 Å². The van der Waals surface area contributed by atoms with E-state index in [-0.39, 0.29) is 0 Å². The van der Waals surface area contributed by atoms with Gasteiger partial charge in [-0.15, -0.1) is 0 Å². The lowest BCUT2D eigenvalue weighted by atomic mass is 10.3. The van der Waals surface area contributed by atoms with Crippen LogP contribution >= 0.6 is 15.9 Å². The fourth-order valence-electron chi connectivity index (χ4n) is 1.89. The van der Waals surface area contributed by atoms with E-state index in [0.717, 1.165) is 22.5 Å². The average molecular weight is 302 g/mol. The Morgan fingerprint density at radius 1 is 0.944 bits per heavy atom. The van der Waals surface area contributed by atoms with Crippen molar-refractivity contribution < 1.29 is 0 Å². The van der Waals surface area contributed by atoms with Crippen LogP contribution in [-0.4, -0.2) is 13.0 Å². The molecule has 2 aromatic carbocycles. The number of anilines is 2. The number of halogens is 1. The molecule has 0 N–H and O–H groups in total. The van der Waals surface area contributed by atoms with Crippen molar-refractivity contribution in [1.82, 2.24) is 0 Å². The summed E-state index contributed by atoms with van der Waals surface area (Å²) >= 11 is 3.48. The Morgan fingerprint density at radius 3 is 2.50 bits per heavy atom. The van der Waals surface area contributed by atoms with Crippen molar-refractivity contribution in [2.24, 2.45) is 5.10 Å². The molecule has 0 aliphatic carbocycles. The van der Waals surface area contributed by atoms with Crippen molar-refractivity contribution in [3.8, 4) is 0 Å². The van der Waals surface area contributed by atoms with Crippen LogP contribution in [0.4, 0.5) is 11.4 Å². The standard InChI is InChI=1S/C14H12BrN3/c15-12-5-4-8-14(9-12)18-11-17(10-16-18)13-6-2-1-3-7-13/h1-10H,11H2. The summed E-state index contributed by atoms with van der Waals surface area (Å²) in [6.07, 6.45) is 1.86. The van der Waals surface area contributed by atoms with E-state index < -0.39 is 0 Å². The van der Waals surface area contributed by atoms with E-state index in [2.05, 4.69) is 50.2 Å². The Balaban J connectivity index is 1.79. The van der Waals surface area contributed by atoms with Gasteiger partial charge in [0.25, 0.3) is 0 Å². The van der Waals surface area contributed by atoms with E-state index in [4.69, 9.17) is 0 Å². The molecule has 90 valence electrons. The fourth-order valence-corrected chi connectivity index (χ4v) is 2.28. The van der Waals surface area contributed by atoms with Gasteiger partial charge in [0.15, 0.2) is 0 Å². The minimum Gasteiger partial charge on any atom is -0.311 e. The Labute approximate surface area is 114 Å². The lowest BCUT2D eigenvalue weighted by Gasteiger charge is -2.19. The van der Waals surface area contributed by atoms with Gasteiger partial charge in [-0.2, -0.15) is 5.10 Å². The van der Waals surface area contributed by atoms with E-state index in [9.17, 15) is 0 Å². The Bertz CT molecular complexity index is 568. The second-order valence-corrected chi connectivity index (χ2v) is 4.97. The summed E-state index contributed by atoms with van der Waals surface area (Å²) in [6, 6.07) is 18.4. The molecular weight excluding hydrogens is 290 g/mol.